The Morgan fingerprint density at radius 1 is 1.06 bits per heavy atom. The molecule has 0 bridgehead atoms. The molecule has 90 valence electrons. The van der Waals surface area contributed by atoms with Crippen LogP contribution in [0.1, 0.15) is 24.2 Å². The number of rotatable bonds is 2. The fraction of sp³-hybridized carbons (Fsp3) is 0.143. The van der Waals surface area contributed by atoms with Crippen molar-refractivity contribution in [2.45, 2.75) is 12.8 Å². The molecule has 0 aliphatic rings. The number of aromatic nitrogens is 3. The van der Waals surface area contributed by atoms with Crippen LogP contribution in [0.3, 0.4) is 0 Å². The van der Waals surface area contributed by atoms with Crippen LogP contribution in [0.4, 0.5) is 0 Å². The van der Waals surface area contributed by atoms with Crippen molar-refractivity contribution in [3.8, 4) is 0 Å². The van der Waals surface area contributed by atoms with Crippen molar-refractivity contribution in [3.63, 3.8) is 0 Å². The number of halogens is 1. The molecule has 0 spiro atoms. The molecule has 0 amide bonds. The lowest BCUT2D eigenvalue weighted by Gasteiger charge is -2.09. The highest BCUT2D eigenvalue weighted by Gasteiger charge is 2.15. The lowest BCUT2D eigenvalue weighted by atomic mass is 10.0. The Morgan fingerprint density at radius 3 is 2.61 bits per heavy atom. The van der Waals surface area contributed by atoms with Gasteiger partial charge in [0.2, 0.25) is 0 Å². The average Bonchev–Trinajstić information content (AvgIpc) is 2.82. The summed E-state index contributed by atoms with van der Waals surface area (Å²) in [5.41, 5.74) is 2.11. The molecular weight excluding hydrogens is 290 g/mol. The van der Waals surface area contributed by atoms with Gasteiger partial charge in [-0.25, -0.2) is 0 Å². The Bertz CT molecular complexity index is 676. The molecule has 2 heterocycles. The Morgan fingerprint density at radius 2 is 1.83 bits per heavy atom. The molecule has 0 aliphatic heterocycles. The fourth-order valence-electron chi connectivity index (χ4n) is 2.07. The van der Waals surface area contributed by atoms with Crippen LogP contribution < -0.4 is 0 Å². The van der Waals surface area contributed by atoms with E-state index in [-0.39, 0.29) is 5.92 Å². The van der Waals surface area contributed by atoms with Gasteiger partial charge >= 0.3 is 0 Å². The van der Waals surface area contributed by atoms with Gasteiger partial charge in [-0.2, -0.15) is 0 Å². The molecule has 0 aliphatic carbocycles. The molecule has 0 fully saturated rings. The average molecular weight is 302 g/mol. The van der Waals surface area contributed by atoms with Crippen LogP contribution in [0.25, 0.3) is 5.65 Å². The molecule has 1 aromatic carbocycles. The van der Waals surface area contributed by atoms with Crippen LogP contribution in [-0.2, 0) is 0 Å². The van der Waals surface area contributed by atoms with E-state index in [1.54, 1.807) is 0 Å². The van der Waals surface area contributed by atoms with E-state index in [0.29, 0.717) is 0 Å². The minimum Gasteiger partial charge on any atom is -0.285 e. The van der Waals surface area contributed by atoms with Gasteiger partial charge in [0.15, 0.2) is 5.65 Å². The van der Waals surface area contributed by atoms with Crippen molar-refractivity contribution in [1.29, 1.82) is 0 Å². The van der Waals surface area contributed by atoms with Gasteiger partial charge in [0.05, 0.1) is 0 Å². The monoisotopic (exact) mass is 301 g/mol. The summed E-state index contributed by atoms with van der Waals surface area (Å²) < 4.78 is 3.05. The highest BCUT2D eigenvalue weighted by molar-refractivity contribution is 9.10. The van der Waals surface area contributed by atoms with Crippen molar-refractivity contribution in [3.05, 3.63) is 64.5 Å². The quantitative estimate of drug-likeness (QED) is 0.723. The van der Waals surface area contributed by atoms with Gasteiger partial charge < -0.3 is 0 Å². The number of fused-ring (bicyclic) bond motifs is 1. The maximum absolute atomic E-state index is 4.30. The summed E-state index contributed by atoms with van der Waals surface area (Å²) in [6.45, 7) is 2.15. The Hall–Kier alpha value is -1.68. The van der Waals surface area contributed by atoms with Gasteiger partial charge in [-0.1, -0.05) is 37.3 Å². The summed E-state index contributed by atoms with van der Waals surface area (Å²) in [5.74, 6) is 1.17. The first kappa shape index (κ1) is 11.4. The standard InChI is InChI=1S/C14H12BrN3/c1-10(11-5-3-2-4-6-11)14-17-16-13-8-7-12(15)9-18(13)14/h2-10H,1H3/t10-/m0/s1. The molecule has 4 heteroatoms. The van der Waals surface area contributed by atoms with E-state index in [1.807, 2.05) is 40.9 Å². The number of hydrogen-bond acceptors (Lipinski definition) is 2. The Kier molecular flexibility index (Phi) is 2.88. The molecule has 0 saturated heterocycles. The summed E-state index contributed by atoms with van der Waals surface area (Å²) in [4.78, 5) is 0. The van der Waals surface area contributed by atoms with Gasteiger partial charge in [-0.3, -0.25) is 4.40 Å². The van der Waals surface area contributed by atoms with E-state index >= 15 is 0 Å². The fourth-order valence-corrected chi connectivity index (χ4v) is 2.41. The Labute approximate surface area is 114 Å². The first-order valence-corrected chi connectivity index (χ1v) is 6.60. The summed E-state index contributed by atoms with van der Waals surface area (Å²) >= 11 is 3.48. The van der Waals surface area contributed by atoms with Gasteiger partial charge in [0.25, 0.3) is 0 Å². The molecule has 18 heavy (non-hydrogen) atoms. The predicted molar refractivity (Wildman–Crippen MR) is 74.6 cm³/mol. The second-order valence-corrected chi connectivity index (χ2v) is 5.18. The molecule has 0 unspecified atom stereocenters. The third-order valence-electron chi connectivity index (χ3n) is 3.08. The summed E-state index contributed by atoms with van der Waals surface area (Å²) in [5, 5.41) is 8.50. The molecule has 1 atom stereocenters. The minimum absolute atomic E-state index is 0.218. The zero-order valence-corrected chi connectivity index (χ0v) is 11.5. The molecule has 3 rings (SSSR count). The van der Waals surface area contributed by atoms with Gasteiger partial charge in [-0.15, -0.1) is 10.2 Å². The predicted octanol–water partition coefficient (Wildman–Crippen LogP) is 3.64. The van der Waals surface area contributed by atoms with E-state index in [0.717, 1.165) is 15.9 Å². The van der Waals surface area contributed by atoms with Crippen molar-refractivity contribution in [2.24, 2.45) is 0 Å². The van der Waals surface area contributed by atoms with E-state index < -0.39 is 0 Å². The van der Waals surface area contributed by atoms with Crippen LogP contribution in [-0.4, -0.2) is 14.6 Å². The number of pyridine rings is 1. The van der Waals surface area contributed by atoms with Crippen LogP contribution >= 0.6 is 15.9 Å². The van der Waals surface area contributed by atoms with Gasteiger partial charge in [-0.05, 0) is 33.6 Å². The van der Waals surface area contributed by atoms with Crippen LogP contribution in [0, 0.1) is 0 Å². The highest BCUT2D eigenvalue weighted by atomic mass is 79.9. The summed E-state index contributed by atoms with van der Waals surface area (Å²) in [6, 6.07) is 14.3. The zero-order chi connectivity index (χ0) is 12.5. The summed E-state index contributed by atoms with van der Waals surface area (Å²) in [6.07, 6.45) is 2.00. The Balaban J connectivity index is 2.12. The molecule has 0 radical (unpaired) electrons. The second-order valence-electron chi connectivity index (χ2n) is 4.27. The van der Waals surface area contributed by atoms with Crippen LogP contribution in [0.5, 0.6) is 0 Å². The van der Waals surface area contributed by atoms with Gasteiger partial charge in [0.1, 0.15) is 5.82 Å². The lowest BCUT2D eigenvalue weighted by Crippen LogP contribution is -2.02. The number of hydrogen-bond donors (Lipinski definition) is 0. The molecular formula is C14H12BrN3. The largest absolute Gasteiger partial charge is 0.285 e. The number of benzene rings is 1. The number of nitrogens with zero attached hydrogens (tertiary/aromatic N) is 3. The second kappa shape index (κ2) is 4.53. The van der Waals surface area contributed by atoms with Crippen molar-refractivity contribution in [2.75, 3.05) is 0 Å². The maximum Gasteiger partial charge on any atom is 0.160 e. The molecule has 0 N–H and O–H groups in total. The first-order chi connectivity index (χ1) is 8.75. The van der Waals surface area contributed by atoms with Crippen molar-refractivity contribution >= 4 is 21.6 Å². The maximum atomic E-state index is 4.30. The van der Waals surface area contributed by atoms with Crippen LogP contribution in [0.2, 0.25) is 0 Å². The third-order valence-corrected chi connectivity index (χ3v) is 3.55. The summed E-state index contributed by atoms with van der Waals surface area (Å²) in [7, 11) is 0. The molecule has 3 aromatic rings. The smallest absolute Gasteiger partial charge is 0.160 e. The van der Waals surface area contributed by atoms with Gasteiger partial charge in [0, 0.05) is 16.6 Å². The molecule has 3 nitrogen and oxygen atoms in total. The molecule has 0 saturated carbocycles. The molecule has 2 aromatic heterocycles. The van der Waals surface area contributed by atoms with Crippen LogP contribution in [0.15, 0.2) is 53.1 Å². The highest BCUT2D eigenvalue weighted by Crippen LogP contribution is 2.23. The van der Waals surface area contributed by atoms with E-state index in [9.17, 15) is 0 Å². The third kappa shape index (κ3) is 1.93. The lowest BCUT2D eigenvalue weighted by molar-refractivity contribution is 0.797. The van der Waals surface area contributed by atoms with E-state index in [4.69, 9.17) is 0 Å². The van der Waals surface area contributed by atoms with Crippen molar-refractivity contribution in [1.82, 2.24) is 14.6 Å². The topological polar surface area (TPSA) is 30.2 Å². The van der Waals surface area contributed by atoms with Crippen molar-refractivity contribution < 1.29 is 0 Å². The minimum atomic E-state index is 0.218. The normalized spacial score (nSPS) is 12.8. The SMILES string of the molecule is C[C@@H](c1ccccc1)c1nnc2ccc(Br)cn12. The zero-order valence-electron chi connectivity index (χ0n) is 9.92. The first-order valence-electron chi connectivity index (χ1n) is 5.81. The van der Waals surface area contributed by atoms with E-state index in [2.05, 4.69) is 45.2 Å². The van der Waals surface area contributed by atoms with E-state index in [1.165, 1.54) is 5.56 Å².